The number of carbonyl (C=O) groups is 1. The number of carbonyl (C=O) groups excluding carboxylic acids is 1. The number of hydrogen-bond donors (Lipinski definition) is 1. The fourth-order valence-corrected chi connectivity index (χ4v) is 3.81. The summed E-state index contributed by atoms with van der Waals surface area (Å²) < 4.78 is 37.8. The summed E-state index contributed by atoms with van der Waals surface area (Å²) in [6.07, 6.45) is 4.90. The zero-order valence-electron chi connectivity index (χ0n) is 12.5. The van der Waals surface area contributed by atoms with Gasteiger partial charge in [0.2, 0.25) is 5.91 Å². The monoisotopic (exact) mass is 337 g/mol. The van der Waals surface area contributed by atoms with Crippen LogP contribution in [0.15, 0.2) is 36.7 Å². The van der Waals surface area contributed by atoms with Gasteiger partial charge >= 0.3 is 0 Å². The maximum Gasteiger partial charge on any atom is 0.241 e. The van der Waals surface area contributed by atoms with Crippen molar-refractivity contribution in [2.75, 3.05) is 6.26 Å². The lowest BCUT2D eigenvalue weighted by atomic mass is 10.1. The number of sulfone groups is 1. The van der Waals surface area contributed by atoms with E-state index in [0.29, 0.717) is 18.5 Å². The number of aromatic nitrogens is 2. The molecule has 1 saturated carbocycles. The minimum absolute atomic E-state index is 0.0992. The van der Waals surface area contributed by atoms with E-state index in [2.05, 4.69) is 10.4 Å². The molecule has 1 aromatic carbocycles. The predicted octanol–water partition coefficient (Wildman–Crippen LogP) is 1.20. The lowest BCUT2D eigenvalue weighted by Gasteiger charge is -2.15. The summed E-state index contributed by atoms with van der Waals surface area (Å²) in [5.74, 6) is -1.06. The third-order valence-corrected chi connectivity index (χ3v) is 6.11. The van der Waals surface area contributed by atoms with Gasteiger partial charge < -0.3 is 5.32 Å². The fraction of sp³-hybridized carbons (Fsp3) is 0.333. The Hall–Kier alpha value is -2.22. The van der Waals surface area contributed by atoms with Crippen molar-refractivity contribution >= 4 is 15.7 Å². The first-order valence-electron chi connectivity index (χ1n) is 7.10. The van der Waals surface area contributed by atoms with Crippen LogP contribution in [0.1, 0.15) is 18.4 Å². The maximum atomic E-state index is 14.1. The van der Waals surface area contributed by atoms with Crippen molar-refractivity contribution in [3.8, 4) is 5.69 Å². The van der Waals surface area contributed by atoms with E-state index in [1.54, 1.807) is 30.6 Å². The first kappa shape index (κ1) is 15.7. The van der Waals surface area contributed by atoms with E-state index < -0.39 is 26.3 Å². The molecule has 1 fully saturated rings. The molecule has 1 amide bonds. The second kappa shape index (κ2) is 5.45. The molecule has 0 bridgehead atoms. The Labute approximate surface area is 133 Å². The Morgan fingerprint density at radius 3 is 2.70 bits per heavy atom. The molecule has 1 aliphatic carbocycles. The van der Waals surface area contributed by atoms with Gasteiger partial charge in [-0.05, 0) is 31.0 Å². The van der Waals surface area contributed by atoms with Gasteiger partial charge in [0.15, 0.2) is 14.6 Å². The minimum Gasteiger partial charge on any atom is -0.350 e. The normalized spacial score (nSPS) is 16.1. The second-order valence-corrected chi connectivity index (χ2v) is 7.96. The number of rotatable bonds is 5. The molecule has 0 saturated heterocycles. The highest BCUT2D eigenvalue weighted by Gasteiger charge is 2.58. The zero-order valence-corrected chi connectivity index (χ0v) is 13.3. The maximum absolute atomic E-state index is 14.1. The van der Waals surface area contributed by atoms with Crippen LogP contribution in [0.4, 0.5) is 4.39 Å². The van der Waals surface area contributed by atoms with Crippen molar-refractivity contribution in [1.29, 1.82) is 0 Å². The molecule has 1 N–H and O–H groups in total. The Bertz CT molecular complexity index is 843. The number of amides is 1. The summed E-state index contributed by atoms with van der Waals surface area (Å²) in [6.45, 7) is -0.0992. The van der Waals surface area contributed by atoms with Gasteiger partial charge in [0.05, 0.1) is 5.69 Å². The lowest BCUT2D eigenvalue weighted by molar-refractivity contribution is -0.121. The topological polar surface area (TPSA) is 81.1 Å². The summed E-state index contributed by atoms with van der Waals surface area (Å²) in [4.78, 5) is 12.2. The Kier molecular flexibility index (Phi) is 3.71. The van der Waals surface area contributed by atoms with Crippen molar-refractivity contribution in [3.05, 3.63) is 48.0 Å². The molecule has 0 aliphatic heterocycles. The van der Waals surface area contributed by atoms with Crippen molar-refractivity contribution in [2.24, 2.45) is 0 Å². The van der Waals surface area contributed by atoms with E-state index in [1.807, 2.05) is 0 Å². The van der Waals surface area contributed by atoms with E-state index in [1.165, 1.54) is 10.7 Å². The quantitative estimate of drug-likeness (QED) is 0.889. The molecule has 1 aliphatic rings. The average molecular weight is 337 g/mol. The van der Waals surface area contributed by atoms with Crippen LogP contribution in [0.3, 0.4) is 0 Å². The second-order valence-electron chi connectivity index (χ2n) is 5.64. The zero-order chi connectivity index (χ0) is 16.7. The number of nitrogens with zero attached hydrogens (tertiary/aromatic N) is 2. The van der Waals surface area contributed by atoms with E-state index >= 15 is 0 Å². The first-order valence-corrected chi connectivity index (χ1v) is 9.00. The van der Waals surface area contributed by atoms with Gasteiger partial charge in [-0.15, -0.1) is 0 Å². The Balaban J connectivity index is 1.83. The van der Waals surface area contributed by atoms with Crippen molar-refractivity contribution in [2.45, 2.75) is 24.1 Å². The van der Waals surface area contributed by atoms with Crippen molar-refractivity contribution in [1.82, 2.24) is 15.1 Å². The van der Waals surface area contributed by atoms with Gasteiger partial charge in [-0.2, -0.15) is 5.10 Å². The van der Waals surface area contributed by atoms with Crippen LogP contribution >= 0.6 is 0 Å². The van der Waals surface area contributed by atoms with Crippen LogP contribution in [0, 0.1) is 5.82 Å². The van der Waals surface area contributed by atoms with Crippen LogP contribution in [-0.2, 0) is 21.2 Å². The molecule has 1 aromatic heterocycles. The van der Waals surface area contributed by atoms with Crippen LogP contribution in [0.25, 0.3) is 5.69 Å². The summed E-state index contributed by atoms with van der Waals surface area (Å²) in [6, 6.07) is 6.23. The molecule has 1 heterocycles. The smallest absolute Gasteiger partial charge is 0.241 e. The number of benzene rings is 1. The lowest BCUT2D eigenvalue weighted by Crippen LogP contribution is -2.41. The average Bonchev–Trinajstić information content (AvgIpc) is 3.15. The number of halogens is 1. The summed E-state index contributed by atoms with van der Waals surface area (Å²) >= 11 is 0. The van der Waals surface area contributed by atoms with Crippen LogP contribution in [-0.4, -0.2) is 35.1 Å². The third-order valence-electron chi connectivity index (χ3n) is 4.10. The standard InChI is InChI=1S/C15H16FN3O3S/c1-23(21,22)15(6-7-15)14(20)17-10-11-12(16)4-2-5-13(11)19-9-3-8-18-19/h2-5,8-9H,6-7,10H2,1H3,(H,17,20). The van der Waals surface area contributed by atoms with Gasteiger partial charge in [0.1, 0.15) is 5.82 Å². The van der Waals surface area contributed by atoms with E-state index in [9.17, 15) is 17.6 Å². The highest BCUT2D eigenvalue weighted by atomic mass is 32.2. The highest BCUT2D eigenvalue weighted by Crippen LogP contribution is 2.43. The molecule has 0 unspecified atom stereocenters. The molecule has 23 heavy (non-hydrogen) atoms. The number of nitrogens with one attached hydrogen (secondary N) is 1. The largest absolute Gasteiger partial charge is 0.350 e. The first-order chi connectivity index (χ1) is 10.8. The summed E-state index contributed by atoms with van der Waals surface area (Å²) in [5.41, 5.74) is 0.758. The third kappa shape index (κ3) is 2.74. The molecule has 8 heteroatoms. The molecule has 0 spiro atoms. The number of hydrogen-bond acceptors (Lipinski definition) is 4. The van der Waals surface area contributed by atoms with E-state index in [4.69, 9.17) is 0 Å². The van der Waals surface area contributed by atoms with Crippen LogP contribution in [0.2, 0.25) is 0 Å². The molecular formula is C15H16FN3O3S. The van der Waals surface area contributed by atoms with E-state index in [-0.39, 0.29) is 12.1 Å². The van der Waals surface area contributed by atoms with Crippen LogP contribution in [0.5, 0.6) is 0 Å². The molecule has 6 nitrogen and oxygen atoms in total. The van der Waals surface area contributed by atoms with Gasteiger partial charge in [-0.1, -0.05) is 6.07 Å². The molecule has 2 aromatic rings. The molecule has 0 atom stereocenters. The SMILES string of the molecule is CS(=O)(=O)C1(C(=O)NCc2c(F)cccc2-n2cccn2)CC1. The molecule has 0 radical (unpaired) electrons. The molecule has 3 rings (SSSR count). The molecular weight excluding hydrogens is 321 g/mol. The van der Waals surface area contributed by atoms with Crippen molar-refractivity contribution < 1.29 is 17.6 Å². The highest BCUT2D eigenvalue weighted by molar-refractivity contribution is 7.93. The summed E-state index contributed by atoms with van der Waals surface area (Å²) in [5, 5.41) is 6.61. The molecule has 122 valence electrons. The van der Waals surface area contributed by atoms with Crippen LogP contribution < -0.4 is 5.32 Å². The Morgan fingerprint density at radius 2 is 2.13 bits per heavy atom. The predicted molar refractivity (Wildman–Crippen MR) is 82.2 cm³/mol. The van der Waals surface area contributed by atoms with Crippen molar-refractivity contribution in [3.63, 3.8) is 0 Å². The van der Waals surface area contributed by atoms with E-state index in [0.717, 1.165) is 6.26 Å². The van der Waals surface area contributed by atoms with Gasteiger partial charge in [-0.3, -0.25) is 4.79 Å². The summed E-state index contributed by atoms with van der Waals surface area (Å²) in [7, 11) is -3.48. The fourth-order valence-electron chi connectivity index (χ4n) is 2.56. The Morgan fingerprint density at radius 1 is 1.39 bits per heavy atom. The van der Waals surface area contributed by atoms with Gasteiger partial charge in [-0.25, -0.2) is 17.5 Å². The van der Waals surface area contributed by atoms with Gasteiger partial charge in [0, 0.05) is 30.8 Å². The minimum atomic E-state index is -3.48. The van der Waals surface area contributed by atoms with Gasteiger partial charge in [0.25, 0.3) is 0 Å².